The van der Waals surface area contributed by atoms with Crippen LogP contribution in [0.1, 0.15) is 12.6 Å². The maximum Gasteiger partial charge on any atom is 0.327 e. The molecule has 0 radical (unpaired) electrons. The zero-order valence-electron chi connectivity index (χ0n) is 9.70. The summed E-state index contributed by atoms with van der Waals surface area (Å²) < 4.78 is 0. The van der Waals surface area contributed by atoms with Crippen molar-refractivity contribution >= 4 is 35.1 Å². The Kier molecular flexibility index (Phi) is 4.07. The van der Waals surface area contributed by atoms with Gasteiger partial charge in [0.2, 0.25) is 0 Å². The average Bonchev–Trinajstić information content (AvgIpc) is 2.94. The lowest BCUT2D eigenvalue weighted by molar-refractivity contribution is -0.141. The van der Waals surface area contributed by atoms with Gasteiger partial charge in [0.1, 0.15) is 6.04 Å². The van der Waals surface area contributed by atoms with Crippen LogP contribution < -0.4 is 5.32 Å². The number of rotatable bonds is 3. The van der Waals surface area contributed by atoms with E-state index in [4.69, 9.17) is 5.11 Å². The van der Waals surface area contributed by atoms with Crippen LogP contribution in [-0.4, -0.2) is 44.2 Å². The van der Waals surface area contributed by atoms with Gasteiger partial charge in [0, 0.05) is 11.1 Å². The number of hydrogen-bond acceptors (Lipinski definition) is 5. The lowest BCUT2D eigenvalue weighted by atomic mass is 10.3. The normalized spacial score (nSPS) is 23.1. The predicted octanol–water partition coefficient (Wildman–Crippen LogP) is 1.20. The van der Waals surface area contributed by atoms with Gasteiger partial charge in [0.15, 0.2) is 0 Å². The highest BCUT2D eigenvalue weighted by molar-refractivity contribution is 8.00. The van der Waals surface area contributed by atoms with Gasteiger partial charge in [0.25, 0.3) is 0 Å². The molecule has 2 amide bonds. The molecule has 2 atom stereocenters. The molecule has 2 heterocycles. The minimum absolute atomic E-state index is 0.124. The zero-order chi connectivity index (χ0) is 13.1. The predicted molar refractivity (Wildman–Crippen MR) is 69.5 cm³/mol. The Balaban J connectivity index is 1.96. The molecule has 1 fully saturated rings. The van der Waals surface area contributed by atoms with Gasteiger partial charge in [-0.3, -0.25) is 4.90 Å². The fraction of sp³-hybridized carbons (Fsp3) is 0.500. The molecule has 0 saturated carbocycles. The second-order valence-corrected chi connectivity index (χ2v) is 5.90. The third-order valence-corrected chi connectivity index (χ3v) is 4.50. The molecule has 2 rings (SSSR count). The van der Waals surface area contributed by atoms with E-state index in [0.29, 0.717) is 12.3 Å². The Morgan fingerprint density at radius 2 is 2.44 bits per heavy atom. The summed E-state index contributed by atoms with van der Waals surface area (Å²) in [5, 5.41) is 13.5. The van der Waals surface area contributed by atoms with Gasteiger partial charge < -0.3 is 10.4 Å². The number of carboxylic acid groups (broad SMARTS) is 1. The van der Waals surface area contributed by atoms with Crippen LogP contribution in [0.2, 0.25) is 0 Å². The van der Waals surface area contributed by atoms with Crippen molar-refractivity contribution in [3.63, 3.8) is 0 Å². The molecule has 8 heteroatoms. The molecule has 0 spiro atoms. The average molecular weight is 287 g/mol. The summed E-state index contributed by atoms with van der Waals surface area (Å²) in [6, 6.07) is -1.10. The Labute approximate surface area is 112 Å². The number of carbonyl (C=O) groups is 2. The Bertz CT molecular complexity index is 438. The van der Waals surface area contributed by atoms with Crippen molar-refractivity contribution in [2.24, 2.45) is 0 Å². The van der Waals surface area contributed by atoms with Gasteiger partial charge in [-0.25, -0.2) is 14.6 Å². The first kappa shape index (κ1) is 13.2. The number of aliphatic carboxylic acids is 1. The first-order chi connectivity index (χ1) is 8.59. The van der Waals surface area contributed by atoms with E-state index in [9.17, 15) is 9.59 Å². The molecule has 1 saturated heterocycles. The zero-order valence-corrected chi connectivity index (χ0v) is 11.3. The lowest BCUT2D eigenvalue weighted by Crippen LogP contribution is -2.49. The van der Waals surface area contributed by atoms with Crippen molar-refractivity contribution in [1.29, 1.82) is 0 Å². The van der Waals surface area contributed by atoms with E-state index in [2.05, 4.69) is 10.3 Å². The van der Waals surface area contributed by atoms with E-state index in [-0.39, 0.29) is 11.4 Å². The van der Waals surface area contributed by atoms with Crippen LogP contribution in [0.25, 0.3) is 0 Å². The molecule has 0 bridgehead atoms. The van der Waals surface area contributed by atoms with Gasteiger partial charge >= 0.3 is 12.0 Å². The summed E-state index contributed by atoms with van der Waals surface area (Å²) in [7, 11) is 0. The molecular weight excluding hydrogens is 274 g/mol. The molecule has 1 aromatic heterocycles. The fourth-order valence-corrected chi connectivity index (χ4v) is 3.45. The maximum absolute atomic E-state index is 12.0. The third-order valence-electron chi connectivity index (χ3n) is 2.65. The highest BCUT2D eigenvalue weighted by Gasteiger charge is 2.39. The van der Waals surface area contributed by atoms with Crippen LogP contribution in [0.3, 0.4) is 0 Å². The number of carbonyl (C=O) groups excluding carboxylic acids is 1. The topological polar surface area (TPSA) is 82.5 Å². The molecule has 2 unspecified atom stereocenters. The first-order valence-corrected chi connectivity index (χ1v) is 7.36. The highest BCUT2D eigenvalue weighted by atomic mass is 32.2. The number of thiazole rings is 1. The van der Waals surface area contributed by atoms with Crippen molar-refractivity contribution in [2.75, 3.05) is 5.75 Å². The van der Waals surface area contributed by atoms with Gasteiger partial charge in [-0.15, -0.1) is 23.1 Å². The van der Waals surface area contributed by atoms with Crippen molar-refractivity contribution in [3.8, 4) is 0 Å². The second kappa shape index (κ2) is 5.57. The molecular formula is C10H13N3O3S2. The quantitative estimate of drug-likeness (QED) is 0.873. The van der Waals surface area contributed by atoms with Gasteiger partial charge in [0.05, 0.1) is 23.1 Å². The van der Waals surface area contributed by atoms with E-state index < -0.39 is 12.0 Å². The first-order valence-electron chi connectivity index (χ1n) is 5.37. The van der Waals surface area contributed by atoms with Gasteiger partial charge in [-0.1, -0.05) is 0 Å². The van der Waals surface area contributed by atoms with E-state index >= 15 is 0 Å². The van der Waals surface area contributed by atoms with Crippen molar-refractivity contribution in [1.82, 2.24) is 15.2 Å². The molecule has 18 heavy (non-hydrogen) atoms. The fourth-order valence-electron chi connectivity index (χ4n) is 1.72. The maximum atomic E-state index is 12.0. The van der Waals surface area contributed by atoms with Crippen LogP contribution in [0.5, 0.6) is 0 Å². The largest absolute Gasteiger partial charge is 0.480 e. The van der Waals surface area contributed by atoms with E-state index in [0.717, 1.165) is 5.69 Å². The van der Waals surface area contributed by atoms with Gasteiger partial charge in [-0.05, 0) is 6.92 Å². The van der Waals surface area contributed by atoms with Crippen LogP contribution in [-0.2, 0) is 11.3 Å². The number of aromatic nitrogens is 1. The summed E-state index contributed by atoms with van der Waals surface area (Å²) in [4.78, 5) is 28.5. The summed E-state index contributed by atoms with van der Waals surface area (Å²) in [5.74, 6) is -0.531. The standard InChI is InChI=1S/C10H13N3O3S2/c1-6-13(8(4-18-6)9(14)15)10(16)11-2-7-3-17-5-12-7/h3,5-6,8H,2,4H2,1H3,(H,11,16)(H,14,15). The number of amides is 2. The number of nitrogens with one attached hydrogen (secondary N) is 1. The molecule has 1 aliphatic heterocycles. The van der Waals surface area contributed by atoms with Crippen LogP contribution in [0.4, 0.5) is 4.79 Å². The molecule has 2 N–H and O–H groups in total. The molecule has 0 aromatic carbocycles. The summed E-state index contributed by atoms with van der Waals surface area (Å²) in [5.41, 5.74) is 2.47. The van der Waals surface area contributed by atoms with Gasteiger partial charge in [-0.2, -0.15) is 0 Å². The number of hydrogen-bond donors (Lipinski definition) is 2. The summed E-state index contributed by atoms with van der Waals surface area (Å²) in [6.07, 6.45) is 0. The number of carboxylic acids is 1. The van der Waals surface area contributed by atoms with Crippen LogP contribution in [0, 0.1) is 0 Å². The van der Waals surface area contributed by atoms with Crippen molar-refractivity contribution in [3.05, 3.63) is 16.6 Å². The lowest BCUT2D eigenvalue weighted by Gasteiger charge is -2.25. The number of nitrogens with zero attached hydrogens (tertiary/aromatic N) is 2. The summed E-state index contributed by atoms with van der Waals surface area (Å²) >= 11 is 2.92. The molecule has 98 valence electrons. The second-order valence-electron chi connectivity index (χ2n) is 3.83. The molecule has 6 nitrogen and oxygen atoms in total. The minimum Gasteiger partial charge on any atom is -0.480 e. The van der Waals surface area contributed by atoms with Crippen LogP contribution >= 0.6 is 23.1 Å². The van der Waals surface area contributed by atoms with Crippen molar-refractivity contribution in [2.45, 2.75) is 24.9 Å². The Morgan fingerprint density at radius 1 is 1.67 bits per heavy atom. The van der Waals surface area contributed by atoms with E-state index in [1.54, 1.807) is 5.51 Å². The minimum atomic E-state index is -0.962. The monoisotopic (exact) mass is 287 g/mol. The molecule has 1 aliphatic rings. The Hall–Kier alpha value is -1.28. The Morgan fingerprint density at radius 3 is 3.06 bits per heavy atom. The van der Waals surface area contributed by atoms with Crippen molar-refractivity contribution < 1.29 is 14.7 Å². The summed E-state index contributed by atoms with van der Waals surface area (Å²) in [6.45, 7) is 2.15. The third kappa shape index (κ3) is 2.75. The number of thioether (sulfide) groups is 1. The SMILES string of the molecule is CC1SCC(C(=O)O)N1C(=O)NCc1cscn1. The highest BCUT2D eigenvalue weighted by Crippen LogP contribution is 2.28. The molecule has 1 aromatic rings. The molecule has 0 aliphatic carbocycles. The smallest absolute Gasteiger partial charge is 0.327 e. The van der Waals surface area contributed by atoms with Crippen LogP contribution in [0.15, 0.2) is 10.9 Å². The van der Waals surface area contributed by atoms with E-state index in [1.165, 1.54) is 28.0 Å². The van der Waals surface area contributed by atoms with E-state index in [1.807, 2.05) is 12.3 Å². The number of urea groups is 1.